The first-order valence-corrected chi connectivity index (χ1v) is 19.8. The molecule has 0 aliphatic heterocycles. The predicted octanol–water partition coefficient (Wildman–Crippen LogP) is 13.0. The van der Waals surface area contributed by atoms with Gasteiger partial charge in [0, 0.05) is 0 Å². The summed E-state index contributed by atoms with van der Waals surface area (Å²) in [5, 5.41) is 0. The highest BCUT2D eigenvalue weighted by Crippen LogP contribution is 2.40. The quantitative estimate of drug-likeness (QED) is 0.0533. The Bertz CT molecular complexity index is 910. The molecule has 0 N–H and O–H groups in total. The van der Waals surface area contributed by atoms with Gasteiger partial charge in [0.15, 0.2) is 0 Å². The highest BCUT2D eigenvalue weighted by Gasteiger charge is 2.12. The van der Waals surface area contributed by atoms with E-state index in [-0.39, 0.29) is 0 Å². The lowest BCUT2D eigenvalue weighted by Crippen LogP contribution is -2.01. The molecule has 0 saturated carbocycles. The summed E-state index contributed by atoms with van der Waals surface area (Å²) >= 11 is 0. The number of hydrogen-bond donors (Lipinski definition) is 0. The molecular weight excluding hydrogens is 583 g/mol. The van der Waals surface area contributed by atoms with Gasteiger partial charge in [0.25, 0.3) is 0 Å². The smallest absolute Gasteiger partial charge is 0.312 e. The molecule has 0 bridgehead atoms. The van der Waals surface area contributed by atoms with Crippen LogP contribution < -0.4 is 0 Å². The third kappa shape index (κ3) is 21.0. The first-order chi connectivity index (χ1) is 22.9. The Morgan fingerprint density at radius 2 is 0.522 bits per heavy atom. The minimum atomic E-state index is -1.23. The molecule has 4 heteroatoms. The lowest BCUT2D eigenvalue weighted by molar-refractivity contribution is 0.153. The minimum absolute atomic E-state index is 0.749. The average Bonchev–Trinajstić information content (AvgIpc) is 3.10. The van der Waals surface area contributed by atoms with Gasteiger partial charge in [0.05, 0.1) is 19.8 Å². The van der Waals surface area contributed by atoms with Gasteiger partial charge in [-0.05, 0) is 74.5 Å². The van der Waals surface area contributed by atoms with Crippen LogP contribution in [-0.2, 0) is 32.8 Å². The van der Waals surface area contributed by atoms with Crippen LogP contribution in [0.3, 0.4) is 0 Å². The normalized spacial score (nSPS) is 11.4. The summed E-state index contributed by atoms with van der Waals surface area (Å²) < 4.78 is 18.5. The summed E-state index contributed by atoms with van der Waals surface area (Å²) in [6.07, 6.45) is 26.2. The summed E-state index contributed by atoms with van der Waals surface area (Å²) in [4.78, 5) is 0. The van der Waals surface area contributed by atoms with Crippen molar-refractivity contribution in [3.63, 3.8) is 0 Å². The molecule has 254 valence electrons. The second-order valence-electron chi connectivity index (χ2n) is 12.8. The van der Waals surface area contributed by atoms with Crippen LogP contribution in [0.15, 0.2) is 91.0 Å². The van der Waals surface area contributed by atoms with Crippen molar-refractivity contribution in [2.45, 2.75) is 135 Å². The molecule has 0 atom stereocenters. The van der Waals surface area contributed by atoms with Crippen molar-refractivity contribution in [2.24, 2.45) is 0 Å². The third-order valence-corrected chi connectivity index (χ3v) is 9.88. The topological polar surface area (TPSA) is 27.7 Å². The standard InChI is InChI=1S/C42H63O3P/c1(7-16-28-40-31-19-13-20-32-40)4-10-25-37-43-46(44-38-26-11-5-2-8-17-29-41-33-21-14-22-34-41)45-39-27-12-6-3-9-18-30-42-35-23-15-24-36-42/h13-15,19-24,31-36H,1-12,16-18,25-30,37-39H2. The Balaban J connectivity index is 1.18. The molecule has 0 aliphatic rings. The van der Waals surface area contributed by atoms with Crippen LogP contribution in [-0.4, -0.2) is 19.8 Å². The number of benzene rings is 3. The van der Waals surface area contributed by atoms with Crippen molar-refractivity contribution in [3.05, 3.63) is 108 Å². The molecular formula is C42H63O3P. The van der Waals surface area contributed by atoms with Crippen LogP contribution in [0.4, 0.5) is 0 Å². The molecule has 3 rings (SSSR count). The first kappa shape index (κ1) is 38.4. The largest absolute Gasteiger partial charge is 0.332 e. The Labute approximate surface area is 283 Å². The molecule has 0 amide bonds. The molecule has 3 aromatic rings. The monoisotopic (exact) mass is 646 g/mol. The fourth-order valence-corrected chi connectivity index (χ4v) is 6.94. The molecule has 3 aromatic carbocycles. The van der Waals surface area contributed by atoms with Gasteiger partial charge < -0.3 is 13.6 Å². The number of hydrogen-bond acceptors (Lipinski definition) is 3. The fourth-order valence-electron chi connectivity index (χ4n) is 5.88. The van der Waals surface area contributed by atoms with E-state index in [4.69, 9.17) is 13.6 Å². The van der Waals surface area contributed by atoms with Gasteiger partial charge in [0.1, 0.15) is 0 Å². The summed E-state index contributed by atoms with van der Waals surface area (Å²) in [5.74, 6) is 0. The minimum Gasteiger partial charge on any atom is -0.312 e. The maximum atomic E-state index is 6.15. The summed E-state index contributed by atoms with van der Waals surface area (Å²) in [6, 6.07) is 32.6. The van der Waals surface area contributed by atoms with Crippen LogP contribution in [0.1, 0.15) is 132 Å². The van der Waals surface area contributed by atoms with Crippen molar-refractivity contribution in [1.82, 2.24) is 0 Å². The zero-order valence-corrected chi connectivity index (χ0v) is 29.7. The lowest BCUT2D eigenvalue weighted by atomic mass is 10.1. The van der Waals surface area contributed by atoms with Crippen LogP contribution >= 0.6 is 8.60 Å². The third-order valence-electron chi connectivity index (χ3n) is 8.70. The van der Waals surface area contributed by atoms with Gasteiger partial charge in [-0.3, -0.25) is 0 Å². The van der Waals surface area contributed by atoms with Crippen LogP contribution in [0.25, 0.3) is 0 Å². The van der Waals surface area contributed by atoms with E-state index in [0.717, 1.165) is 39.1 Å². The zero-order chi connectivity index (χ0) is 32.0. The van der Waals surface area contributed by atoms with Crippen molar-refractivity contribution in [3.8, 4) is 0 Å². The fraction of sp³-hybridized carbons (Fsp3) is 0.571. The second kappa shape index (κ2) is 28.0. The Morgan fingerprint density at radius 3 is 0.804 bits per heavy atom. The van der Waals surface area contributed by atoms with E-state index in [2.05, 4.69) is 91.0 Å². The van der Waals surface area contributed by atoms with Gasteiger partial charge in [-0.15, -0.1) is 0 Å². The lowest BCUT2D eigenvalue weighted by Gasteiger charge is -2.17. The zero-order valence-electron chi connectivity index (χ0n) is 28.8. The first-order valence-electron chi connectivity index (χ1n) is 18.7. The SMILES string of the molecule is c1ccc(CCCCCCCCOP(OCCCCCCCCc2ccccc2)OCCCCCCCCc2ccccc2)cc1. The highest BCUT2D eigenvalue weighted by atomic mass is 31.2. The second-order valence-corrected chi connectivity index (χ2v) is 14.0. The number of unbranched alkanes of at least 4 members (excludes halogenated alkanes) is 15. The van der Waals surface area contributed by atoms with E-state index in [0.29, 0.717) is 0 Å². The van der Waals surface area contributed by atoms with E-state index < -0.39 is 8.60 Å². The molecule has 0 heterocycles. The van der Waals surface area contributed by atoms with Crippen molar-refractivity contribution < 1.29 is 13.6 Å². The van der Waals surface area contributed by atoms with Crippen LogP contribution in [0.5, 0.6) is 0 Å². The van der Waals surface area contributed by atoms with Gasteiger partial charge >= 0.3 is 8.60 Å². The Kier molecular flexibility index (Phi) is 23.4. The molecule has 0 aliphatic carbocycles. The molecule has 3 nitrogen and oxygen atoms in total. The Hall–Kier alpha value is -2.03. The van der Waals surface area contributed by atoms with Crippen molar-refractivity contribution in [2.75, 3.05) is 19.8 Å². The van der Waals surface area contributed by atoms with E-state index in [1.165, 1.54) is 132 Å². The predicted molar refractivity (Wildman–Crippen MR) is 198 cm³/mol. The van der Waals surface area contributed by atoms with E-state index in [1.807, 2.05) is 0 Å². The van der Waals surface area contributed by atoms with Crippen molar-refractivity contribution in [1.29, 1.82) is 0 Å². The highest BCUT2D eigenvalue weighted by molar-refractivity contribution is 7.41. The maximum Gasteiger partial charge on any atom is 0.332 e. The molecule has 0 unspecified atom stereocenters. The molecule has 0 spiro atoms. The summed E-state index contributed by atoms with van der Waals surface area (Å²) in [7, 11) is -1.23. The number of rotatable bonds is 30. The average molecular weight is 647 g/mol. The molecule has 0 saturated heterocycles. The van der Waals surface area contributed by atoms with E-state index in [1.54, 1.807) is 0 Å². The molecule has 46 heavy (non-hydrogen) atoms. The maximum absolute atomic E-state index is 6.15. The van der Waals surface area contributed by atoms with Gasteiger partial charge in [-0.1, -0.05) is 168 Å². The molecule has 0 radical (unpaired) electrons. The summed E-state index contributed by atoms with van der Waals surface area (Å²) in [6.45, 7) is 2.25. The van der Waals surface area contributed by atoms with Gasteiger partial charge in [0.2, 0.25) is 0 Å². The van der Waals surface area contributed by atoms with Crippen LogP contribution in [0, 0.1) is 0 Å². The molecule has 0 aromatic heterocycles. The molecule has 0 fully saturated rings. The van der Waals surface area contributed by atoms with Crippen molar-refractivity contribution >= 4 is 8.60 Å². The van der Waals surface area contributed by atoms with Crippen LogP contribution in [0.2, 0.25) is 0 Å². The van der Waals surface area contributed by atoms with Gasteiger partial charge in [-0.25, -0.2) is 0 Å². The Morgan fingerprint density at radius 1 is 0.283 bits per heavy atom. The van der Waals surface area contributed by atoms with E-state index >= 15 is 0 Å². The van der Waals surface area contributed by atoms with Gasteiger partial charge in [-0.2, -0.15) is 0 Å². The van der Waals surface area contributed by atoms with E-state index in [9.17, 15) is 0 Å². The summed E-state index contributed by atoms with van der Waals surface area (Å²) in [5.41, 5.74) is 4.38. The number of aryl methyl sites for hydroxylation is 3.